The van der Waals surface area contributed by atoms with Gasteiger partial charge in [0, 0.05) is 23.1 Å². The number of imidazole rings is 1. The lowest BCUT2D eigenvalue weighted by molar-refractivity contribution is 0.0984. The van der Waals surface area contributed by atoms with Crippen molar-refractivity contribution in [1.82, 2.24) is 9.55 Å². The lowest BCUT2D eigenvalue weighted by Gasteiger charge is -2.17. The number of para-hydroxylation sites is 3. The third-order valence-corrected chi connectivity index (χ3v) is 5.90. The van der Waals surface area contributed by atoms with Gasteiger partial charge in [-0.25, -0.2) is 4.98 Å². The van der Waals surface area contributed by atoms with Crippen LogP contribution in [0.1, 0.15) is 15.9 Å². The maximum atomic E-state index is 13.4. The molecule has 0 radical (unpaired) electrons. The lowest BCUT2D eigenvalue weighted by atomic mass is 10.1. The van der Waals surface area contributed by atoms with E-state index in [2.05, 4.69) is 25.5 Å². The van der Waals surface area contributed by atoms with E-state index >= 15 is 0 Å². The molecule has 0 N–H and O–H groups in total. The standard InChI is InChI=1S/C23H18BrN3O2/c24-18-9-3-1-7-16(18)15-29-21-12-6-2-8-17(21)22(28)27-14-13-26-20-11-5-4-10-19(20)25-23(26)27/h1-12H,13-15H2. The van der Waals surface area contributed by atoms with Crippen LogP contribution in [0, 0.1) is 0 Å². The van der Waals surface area contributed by atoms with Crippen LogP contribution in [-0.4, -0.2) is 22.0 Å². The Kier molecular flexibility index (Phi) is 4.56. The molecule has 0 aliphatic carbocycles. The first-order chi connectivity index (χ1) is 14.2. The van der Waals surface area contributed by atoms with Gasteiger partial charge in [-0.3, -0.25) is 9.69 Å². The van der Waals surface area contributed by atoms with Crippen LogP contribution in [0.25, 0.3) is 11.0 Å². The van der Waals surface area contributed by atoms with Crippen LogP contribution in [0.5, 0.6) is 5.75 Å². The van der Waals surface area contributed by atoms with Gasteiger partial charge in [-0.15, -0.1) is 0 Å². The van der Waals surface area contributed by atoms with Gasteiger partial charge in [0.1, 0.15) is 12.4 Å². The van der Waals surface area contributed by atoms with Gasteiger partial charge in [0.25, 0.3) is 5.91 Å². The summed E-state index contributed by atoms with van der Waals surface area (Å²) >= 11 is 3.54. The van der Waals surface area contributed by atoms with Crippen molar-refractivity contribution in [3.8, 4) is 5.75 Å². The van der Waals surface area contributed by atoms with Crippen LogP contribution in [0.2, 0.25) is 0 Å². The Morgan fingerprint density at radius 3 is 2.62 bits per heavy atom. The van der Waals surface area contributed by atoms with Crippen LogP contribution >= 0.6 is 15.9 Å². The molecule has 6 heteroatoms. The molecule has 0 unspecified atom stereocenters. The number of nitrogens with zero attached hydrogens (tertiary/aromatic N) is 3. The molecule has 1 aromatic heterocycles. The van der Waals surface area contributed by atoms with Crippen molar-refractivity contribution in [2.24, 2.45) is 0 Å². The average Bonchev–Trinajstić information content (AvgIpc) is 3.32. The number of carbonyl (C=O) groups excluding carboxylic acids is 1. The summed E-state index contributed by atoms with van der Waals surface area (Å²) in [5, 5.41) is 0. The third kappa shape index (κ3) is 3.19. The first-order valence-electron chi connectivity index (χ1n) is 9.45. The Morgan fingerprint density at radius 2 is 1.72 bits per heavy atom. The van der Waals surface area contributed by atoms with Gasteiger partial charge >= 0.3 is 0 Å². The Balaban J connectivity index is 1.44. The van der Waals surface area contributed by atoms with Crippen molar-refractivity contribution in [1.29, 1.82) is 0 Å². The molecular weight excluding hydrogens is 430 g/mol. The number of amides is 1. The zero-order valence-electron chi connectivity index (χ0n) is 15.6. The minimum atomic E-state index is -0.0956. The Labute approximate surface area is 176 Å². The second-order valence-electron chi connectivity index (χ2n) is 6.89. The topological polar surface area (TPSA) is 47.4 Å². The van der Waals surface area contributed by atoms with Crippen molar-refractivity contribution in [3.05, 3.63) is 88.4 Å². The maximum Gasteiger partial charge on any atom is 0.264 e. The maximum absolute atomic E-state index is 13.4. The van der Waals surface area contributed by atoms with Crippen molar-refractivity contribution in [2.75, 3.05) is 11.4 Å². The molecule has 29 heavy (non-hydrogen) atoms. The summed E-state index contributed by atoms with van der Waals surface area (Å²) in [6.45, 7) is 1.72. The van der Waals surface area contributed by atoms with Crippen LogP contribution in [0.3, 0.4) is 0 Å². The first kappa shape index (κ1) is 17.9. The number of hydrogen-bond donors (Lipinski definition) is 0. The second-order valence-corrected chi connectivity index (χ2v) is 7.74. The fourth-order valence-corrected chi connectivity index (χ4v) is 4.07. The molecule has 0 bridgehead atoms. The highest BCUT2D eigenvalue weighted by Gasteiger charge is 2.30. The van der Waals surface area contributed by atoms with Gasteiger partial charge in [-0.2, -0.15) is 0 Å². The van der Waals surface area contributed by atoms with E-state index in [-0.39, 0.29) is 5.91 Å². The van der Waals surface area contributed by atoms with Crippen molar-refractivity contribution in [3.63, 3.8) is 0 Å². The van der Waals surface area contributed by atoms with Gasteiger partial charge in [0.15, 0.2) is 0 Å². The molecule has 5 rings (SSSR count). The van der Waals surface area contributed by atoms with Gasteiger partial charge in [0.05, 0.1) is 16.6 Å². The summed E-state index contributed by atoms with van der Waals surface area (Å²) in [6.07, 6.45) is 0. The molecule has 1 aliphatic heterocycles. The summed E-state index contributed by atoms with van der Waals surface area (Å²) < 4.78 is 9.11. The number of halogens is 1. The quantitative estimate of drug-likeness (QED) is 0.440. The molecule has 5 nitrogen and oxygen atoms in total. The molecule has 0 spiro atoms. The third-order valence-electron chi connectivity index (χ3n) is 5.13. The molecule has 0 saturated carbocycles. The van der Waals surface area contributed by atoms with Gasteiger partial charge in [-0.05, 0) is 30.3 Å². The minimum Gasteiger partial charge on any atom is -0.488 e. The Bertz CT molecular complexity index is 1220. The van der Waals surface area contributed by atoms with E-state index in [0.717, 1.165) is 27.6 Å². The Morgan fingerprint density at radius 1 is 0.966 bits per heavy atom. The van der Waals surface area contributed by atoms with Crippen LogP contribution in [0.15, 0.2) is 77.3 Å². The number of ether oxygens (including phenoxy) is 1. The number of carbonyl (C=O) groups is 1. The van der Waals surface area contributed by atoms with Crippen LogP contribution in [-0.2, 0) is 13.2 Å². The van der Waals surface area contributed by atoms with Crippen LogP contribution in [0.4, 0.5) is 5.95 Å². The zero-order chi connectivity index (χ0) is 19.8. The van der Waals surface area contributed by atoms with E-state index in [9.17, 15) is 4.79 Å². The summed E-state index contributed by atoms with van der Waals surface area (Å²) in [7, 11) is 0. The number of hydrogen-bond acceptors (Lipinski definition) is 3. The average molecular weight is 448 g/mol. The normalized spacial score (nSPS) is 12.9. The summed E-state index contributed by atoms with van der Waals surface area (Å²) in [4.78, 5) is 19.8. The molecule has 0 atom stereocenters. The number of anilines is 1. The highest BCUT2D eigenvalue weighted by atomic mass is 79.9. The number of benzene rings is 3. The second kappa shape index (κ2) is 7.37. The predicted molar refractivity (Wildman–Crippen MR) is 116 cm³/mol. The molecule has 4 aromatic rings. The predicted octanol–water partition coefficient (Wildman–Crippen LogP) is 5.04. The molecule has 2 heterocycles. The van der Waals surface area contributed by atoms with Crippen LogP contribution < -0.4 is 9.64 Å². The fourth-order valence-electron chi connectivity index (χ4n) is 3.67. The van der Waals surface area contributed by atoms with Crippen molar-refractivity contribution < 1.29 is 9.53 Å². The summed E-state index contributed by atoms with van der Waals surface area (Å²) in [5.41, 5.74) is 3.52. The highest BCUT2D eigenvalue weighted by Crippen LogP contribution is 2.30. The first-order valence-corrected chi connectivity index (χ1v) is 10.2. The molecule has 144 valence electrons. The fraction of sp³-hybridized carbons (Fsp3) is 0.130. The van der Waals surface area contributed by atoms with E-state index in [1.807, 2.05) is 72.8 Å². The van der Waals surface area contributed by atoms with Gasteiger partial charge < -0.3 is 9.30 Å². The minimum absolute atomic E-state index is 0.0956. The van der Waals surface area contributed by atoms with E-state index in [4.69, 9.17) is 4.74 Å². The summed E-state index contributed by atoms with van der Waals surface area (Å²) in [6, 6.07) is 23.2. The molecule has 1 aliphatic rings. The smallest absolute Gasteiger partial charge is 0.264 e. The Hall–Kier alpha value is -3.12. The van der Waals surface area contributed by atoms with E-state index in [1.165, 1.54) is 0 Å². The van der Waals surface area contributed by atoms with E-state index in [0.29, 0.717) is 30.4 Å². The molecule has 1 amide bonds. The largest absolute Gasteiger partial charge is 0.488 e. The zero-order valence-corrected chi connectivity index (χ0v) is 17.2. The molecule has 0 saturated heterocycles. The SMILES string of the molecule is O=C(c1ccccc1OCc1ccccc1Br)N1CCn2c1nc1ccccc12. The molecule has 0 fully saturated rings. The number of fused-ring (bicyclic) bond motifs is 3. The van der Waals surface area contributed by atoms with Gasteiger partial charge in [-0.1, -0.05) is 58.4 Å². The monoisotopic (exact) mass is 447 g/mol. The van der Waals surface area contributed by atoms with E-state index < -0.39 is 0 Å². The van der Waals surface area contributed by atoms with E-state index in [1.54, 1.807) is 4.90 Å². The van der Waals surface area contributed by atoms with Crippen molar-refractivity contribution in [2.45, 2.75) is 13.2 Å². The number of aromatic nitrogens is 2. The number of rotatable bonds is 4. The molecule has 3 aromatic carbocycles. The molecular formula is C23H18BrN3O2. The lowest BCUT2D eigenvalue weighted by Crippen LogP contribution is -2.29. The highest BCUT2D eigenvalue weighted by molar-refractivity contribution is 9.10. The van der Waals surface area contributed by atoms with Crippen molar-refractivity contribution >= 4 is 38.8 Å². The van der Waals surface area contributed by atoms with Gasteiger partial charge in [0.2, 0.25) is 5.95 Å². The summed E-state index contributed by atoms with van der Waals surface area (Å²) in [5.74, 6) is 1.17.